The molecule has 0 aliphatic carbocycles. The van der Waals surface area contributed by atoms with E-state index < -0.39 is 23.4 Å². The smallest absolute Gasteiger partial charge is 0.360 e. The van der Waals surface area contributed by atoms with Gasteiger partial charge in [-0.2, -0.15) is 23.4 Å². The summed E-state index contributed by atoms with van der Waals surface area (Å²) in [5.74, 6) is -1.70. The zero-order valence-corrected chi connectivity index (χ0v) is 18.7. The molecule has 0 saturated carbocycles. The van der Waals surface area contributed by atoms with E-state index in [0.717, 1.165) is 27.8 Å². The summed E-state index contributed by atoms with van der Waals surface area (Å²) >= 11 is 0. The van der Waals surface area contributed by atoms with Crippen molar-refractivity contribution in [3.63, 3.8) is 0 Å². The maximum atomic E-state index is 14.8. The van der Waals surface area contributed by atoms with Gasteiger partial charge in [-0.1, -0.05) is 18.7 Å². The third-order valence-corrected chi connectivity index (χ3v) is 5.64. The highest BCUT2D eigenvalue weighted by Gasteiger charge is 2.35. The second-order valence-electron chi connectivity index (χ2n) is 8.01. The molecule has 0 saturated heterocycles. The number of nitrogens with zero attached hydrogens (tertiary/aromatic N) is 5. The average Bonchev–Trinajstić information content (AvgIpc) is 3.56. The number of amides is 1. The average molecular weight is 505 g/mol. The SMILES string of the molecule is [C-]#[N+]c1ncc(-n2cc(-c3ccc(CNC(=O)c4ccc5[nH]ncc5c4)c(F)c3)cn2)cc1C(F)(F)F. The molecule has 5 aromatic rings. The predicted octanol–water partition coefficient (Wildman–Crippen LogP) is 5.45. The Kier molecular flexibility index (Phi) is 5.88. The molecule has 12 heteroatoms. The number of hydrogen-bond acceptors (Lipinski definition) is 4. The maximum Gasteiger partial charge on any atom is 0.409 e. The summed E-state index contributed by atoms with van der Waals surface area (Å²) in [4.78, 5) is 18.9. The van der Waals surface area contributed by atoms with Gasteiger partial charge in [-0.15, -0.1) is 4.98 Å². The normalized spacial score (nSPS) is 11.4. The number of nitrogens with one attached hydrogen (secondary N) is 2. The lowest BCUT2D eigenvalue weighted by Crippen LogP contribution is -2.23. The van der Waals surface area contributed by atoms with Crippen molar-refractivity contribution < 1.29 is 22.4 Å². The molecule has 8 nitrogen and oxygen atoms in total. The van der Waals surface area contributed by atoms with Crippen LogP contribution in [0.4, 0.5) is 23.4 Å². The third kappa shape index (κ3) is 4.74. The topological polar surface area (TPSA) is 92.8 Å². The highest BCUT2D eigenvalue weighted by atomic mass is 19.4. The third-order valence-electron chi connectivity index (χ3n) is 5.64. The van der Waals surface area contributed by atoms with Gasteiger partial charge in [-0.05, 0) is 35.9 Å². The Morgan fingerprint density at radius 1 is 1.08 bits per heavy atom. The molecule has 2 N–H and O–H groups in total. The molecule has 0 aliphatic heterocycles. The Hall–Kier alpha value is -5.05. The van der Waals surface area contributed by atoms with E-state index in [9.17, 15) is 22.4 Å². The summed E-state index contributed by atoms with van der Waals surface area (Å²) < 4.78 is 55.7. The summed E-state index contributed by atoms with van der Waals surface area (Å²) in [6.07, 6.45) is 0.755. The van der Waals surface area contributed by atoms with Crippen LogP contribution in [0.3, 0.4) is 0 Å². The second kappa shape index (κ2) is 9.19. The fraction of sp³-hybridized carbons (Fsp3) is 0.0800. The van der Waals surface area contributed by atoms with Crippen LogP contribution in [0.15, 0.2) is 67.3 Å². The van der Waals surface area contributed by atoms with Crippen molar-refractivity contribution in [2.75, 3.05) is 0 Å². The molecular formula is C25H15F4N7O. The zero-order valence-electron chi connectivity index (χ0n) is 18.7. The summed E-state index contributed by atoms with van der Waals surface area (Å²) in [6, 6.07) is 10.2. The van der Waals surface area contributed by atoms with Gasteiger partial charge in [0.2, 0.25) is 0 Å². The first-order chi connectivity index (χ1) is 17.7. The van der Waals surface area contributed by atoms with Crippen LogP contribution in [0.1, 0.15) is 21.5 Å². The van der Waals surface area contributed by atoms with Crippen molar-refractivity contribution in [3.8, 4) is 16.8 Å². The number of hydrogen-bond donors (Lipinski definition) is 2. The van der Waals surface area contributed by atoms with Crippen LogP contribution in [0.25, 0.3) is 32.6 Å². The van der Waals surface area contributed by atoms with Crippen LogP contribution in [-0.2, 0) is 12.7 Å². The molecule has 0 radical (unpaired) electrons. The van der Waals surface area contributed by atoms with Gasteiger partial charge in [-0.25, -0.2) is 9.07 Å². The van der Waals surface area contributed by atoms with E-state index in [-0.39, 0.29) is 23.7 Å². The molecule has 0 bridgehead atoms. The molecule has 2 aromatic carbocycles. The lowest BCUT2D eigenvalue weighted by atomic mass is 10.1. The van der Waals surface area contributed by atoms with Gasteiger partial charge in [0.05, 0.1) is 23.5 Å². The molecule has 3 aromatic heterocycles. The van der Waals surface area contributed by atoms with E-state index in [1.807, 2.05) is 0 Å². The zero-order chi connectivity index (χ0) is 26.2. The monoisotopic (exact) mass is 505 g/mol. The standard InChI is InChI=1S/C25H15F4N7O/c1-30-23-20(25(27,28)29)8-19(12-31-23)36-13-18(11-34-36)14-2-3-16(21(26)7-14)9-32-24(37)15-4-5-22-17(6-15)10-33-35-22/h2-8,10-13H,9H2,(H,32,37)(H,33,35). The largest absolute Gasteiger partial charge is 0.409 e. The van der Waals surface area contributed by atoms with E-state index in [1.165, 1.54) is 24.5 Å². The molecule has 0 fully saturated rings. The minimum Gasteiger partial charge on any atom is -0.360 e. The van der Waals surface area contributed by atoms with Crippen molar-refractivity contribution >= 4 is 22.6 Å². The molecule has 1 amide bonds. The quantitative estimate of drug-likeness (QED) is 0.246. The van der Waals surface area contributed by atoms with Gasteiger partial charge < -0.3 is 10.2 Å². The van der Waals surface area contributed by atoms with Gasteiger partial charge in [0.25, 0.3) is 11.7 Å². The number of H-pyrrole nitrogens is 1. The number of halogens is 4. The fourth-order valence-corrected chi connectivity index (χ4v) is 3.71. The Balaban J connectivity index is 1.32. The van der Waals surface area contributed by atoms with E-state index >= 15 is 0 Å². The van der Waals surface area contributed by atoms with Crippen molar-refractivity contribution in [1.29, 1.82) is 0 Å². The molecule has 0 unspecified atom stereocenters. The van der Waals surface area contributed by atoms with Crippen LogP contribution in [-0.4, -0.2) is 30.9 Å². The number of carbonyl (C=O) groups is 1. The number of rotatable bonds is 5. The summed E-state index contributed by atoms with van der Waals surface area (Å²) in [7, 11) is 0. The van der Waals surface area contributed by atoms with Crippen molar-refractivity contribution in [3.05, 3.63) is 101 Å². The van der Waals surface area contributed by atoms with Gasteiger partial charge in [0.1, 0.15) is 17.7 Å². The number of alkyl halides is 3. The molecular weight excluding hydrogens is 490 g/mol. The maximum absolute atomic E-state index is 14.8. The molecule has 5 rings (SSSR count). The fourth-order valence-electron chi connectivity index (χ4n) is 3.71. The highest BCUT2D eigenvalue weighted by molar-refractivity contribution is 5.97. The van der Waals surface area contributed by atoms with Gasteiger partial charge in [0, 0.05) is 34.8 Å². The highest BCUT2D eigenvalue weighted by Crippen LogP contribution is 2.36. The van der Waals surface area contributed by atoms with Gasteiger partial charge >= 0.3 is 6.18 Å². The van der Waals surface area contributed by atoms with Crippen LogP contribution < -0.4 is 5.32 Å². The molecule has 3 heterocycles. The molecule has 0 atom stereocenters. The van der Waals surface area contributed by atoms with E-state index in [2.05, 4.69) is 30.4 Å². The molecule has 0 aliphatic rings. The number of fused-ring (bicyclic) bond motifs is 1. The van der Waals surface area contributed by atoms with Crippen molar-refractivity contribution in [2.45, 2.75) is 12.7 Å². The molecule has 37 heavy (non-hydrogen) atoms. The minimum absolute atomic E-state index is 0.000567. The van der Waals surface area contributed by atoms with E-state index in [0.29, 0.717) is 16.7 Å². The van der Waals surface area contributed by atoms with Crippen LogP contribution in [0.2, 0.25) is 0 Å². The van der Waals surface area contributed by atoms with Gasteiger partial charge in [-0.3, -0.25) is 9.89 Å². The first-order valence-corrected chi connectivity index (χ1v) is 10.7. The minimum atomic E-state index is -4.75. The number of aromatic amines is 1. The Morgan fingerprint density at radius 2 is 1.92 bits per heavy atom. The van der Waals surface area contributed by atoms with E-state index in [1.54, 1.807) is 30.5 Å². The first kappa shape index (κ1) is 23.7. The lowest BCUT2D eigenvalue weighted by molar-refractivity contribution is -0.137. The van der Waals surface area contributed by atoms with Gasteiger partial charge in [0.15, 0.2) is 0 Å². The number of benzene rings is 2. The first-order valence-electron chi connectivity index (χ1n) is 10.7. The second-order valence-corrected chi connectivity index (χ2v) is 8.01. The Morgan fingerprint density at radius 3 is 2.68 bits per heavy atom. The predicted molar refractivity (Wildman–Crippen MR) is 125 cm³/mol. The van der Waals surface area contributed by atoms with E-state index in [4.69, 9.17) is 6.57 Å². The number of aromatic nitrogens is 5. The van der Waals surface area contributed by atoms with Crippen LogP contribution >= 0.6 is 0 Å². The number of pyridine rings is 1. The summed E-state index contributed by atoms with van der Waals surface area (Å²) in [6.45, 7) is 6.84. The Labute approximate surface area is 206 Å². The molecule has 184 valence electrons. The van der Waals surface area contributed by atoms with Crippen molar-refractivity contribution in [2.24, 2.45) is 0 Å². The van der Waals surface area contributed by atoms with Crippen LogP contribution in [0.5, 0.6) is 0 Å². The lowest BCUT2D eigenvalue weighted by Gasteiger charge is -2.09. The summed E-state index contributed by atoms with van der Waals surface area (Å²) in [5.41, 5.74) is 1.17. The summed E-state index contributed by atoms with van der Waals surface area (Å²) in [5, 5.41) is 14.2. The Bertz CT molecular complexity index is 1680. The molecule has 0 spiro atoms. The van der Waals surface area contributed by atoms with Crippen LogP contribution in [0, 0.1) is 12.4 Å². The van der Waals surface area contributed by atoms with Crippen molar-refractivity contribution in [1.82, 2.24) is 30.3 Å². The number of carbonyl (C=O) groups excluding carboxylic acids is 1.